The molecule has 9 rings (SSSR count). The van der Waals surface area contributed by atoms with Gasteiger partial charge in [0.2, 0.25) is 0 Å². The molecular weight excluding hydrogens is 909 g/mol. The molecule has 0 aromatic carbocycles. The van der Waals surface area contributed by atoms with Gasteiger partial charge in [0.1, 0.15) is 55.4 Å². The number of esters is 2. The second-order valence-electron chi connectivity index (χ2n) is 22.3. The third-order valence-corrected chi connectivity index (χ3v) is 18.2. The van der Waals surface area contributed by atoms with Crippen molar-refractivity contribution in [2.24, 2.45) is 34.5 Å². The number of ether oxygens (including phenoxy) is 10. The molecule has 20 heteroatoms. The van der Waals surface area contributed by atoms with Gasteiger partial charge in [0.15, 0.2) is 25.2 Å². The molecule has 0 amide bonds. The van der Waals surface area contributed by atoms with Crippen LogP contribution in [0.4, 0.5) is 0 Å². The van der Waals surface area contributed by atoms with E-state index >= 15 is 0 Å². The lowest BCUT2D eigenvalue weighted by molar-refractivity contribution is -0.355. The van der Waals surface area contributed by atoms with Crippen molar-refractivity contribution in [2.75, 3.05) is 13.2 Å². The summed E-state index contributed by atoms with van der Waals surface area (Å²) in [4.78, 5) is 24.2. The van der Waals surface area contributed by atoms with Crippen molar-refractivity contribution >= 4 is 11.9 Å². The molecule has 0 unspecified atom stereocenters. The number of cyclic esters (lactones) is 1. The fraction of sp³-hybridized carbons (Fsp3) is 0.918. The molecule has 9 aliphatic rings. The Kier molecular flexibility index (Phi) is 15.1. The zero-order valence-corrected chi connectivity index (χ0v) is 40.5. The summed E-state index contributed by atoms with van der Waals surface area (Å²) >= 11 is 0. The van der Waals surface area contributed by atoms with Crippen LogP contribution in [0.15, 0.2) is 11.6 Å². The van der Waals surface area contributed by atoms with Crippen LogP contribution in [0.3, 0.4) is 0 Å². The first-order valence-electron chi connectivity index (χ1n) is 25.3. The number of carbonyl (C=O) groups is 2. The standard InChI is InChI=1S/C49H76O20/c1-21-43(67-37-16-31(53)44(22(2)62-37)68-38-17-33(64-24(4)51)45(23(3)63-38)69-46-42(58)41(57)40(56)34(19-50)66-46)30(52)15-36(61-21)65-27-9-11-47(5)26(14-27)7-8-29-28(47)10-12-48(6)39(25-13-35(55)60-20-25)32(54)18-49(29,48)59/h13,21-23,26-34,36-46,50,52-54,56-59H,7-12,14-20H2,1-6H3/t21-,22-,23-,26-,27+,28+,29+,30+,31+,32+,33+,34-,36+,37+,38+,39+,40-,41+,42-,43-,44-,45-,46+,47+,48-,49+/m1/s1. The van der Waals surface area contributed by atoms with E-state index in [9.17, 15) is 50.4 Å². The van der Waals surface area contributed by atoms with Crippen molar-refractivity contribution in [3.63, 3.8) is 0 Å². The molecule has 0 aromatic heterocycles. The molecule has 20 nitrogen and oxygen atoms in total. The van der Waals surface area contributed by atoms with Gasteiger partial charge in [0, 0.05) is 50.0 Å². The minimum absolute atomic E-state index is 0.000687. The van der Waals surface area contributed by atoms with E-state index in [0.717, 1.165) is 50.5 Å². The Morgan fingerprint density at radius 1 is 0.710 bits per heavy atom. The van der Waals surface area contributed by atoms with Gasteiger partial charge >= 0.3 is 11.9 Å². The molecule has 4 saturated carbocycles. The fourth-order valence-electron chi connectivity index (χ4n) is 14.7. The molecule has 5 heterocycles. The van der Waals surface area contributed by atoms with Crippen molar-refractivity contribution in [2.45, 2.75) is 234 Å². The second kappa shape index (κ2) is 20.0. The summed E-state index contributed by atoms with van der Waals surface area (Å²) in [6, 6.07) is 0. The highest BCUT2D eigenvalue weighted by atomic mass is 16.8. The van der Waals surface area contributed by atoms with Crippen LogP contribution in [-0.4, -0.2) is 188 Å². The first-order chi connectivity index (χ1) is 32.6. The molecule has 0 radical (unpaired) electrons. The van der Waals surface area contributed by atoms with Crippen LogP contribution < -0.4 is 0 Å². The number of fused-ring (bicyclic) bond motifs is 5. The highest BCUT2D eigenvalue weighted by Crippen LogP contribution is 2.70. The Morgan fingerprint density at radius 2 is 1.33 bits per heavy atom. The van der Waals surface area contributed by atoms with Gasteiger partial charge in [0.05, 0.1) is 54.9 Å². The Labute approximate surface area is 402 Å². The van der Waals surface area contributed by atoms with E-state index in [4.69, 9.17) is 47.4 Å². The lowest BCUT2D eigenvalue weighted by atomic mass is 9.43. The molecule has 0 spiro atoms. The normalized spacial score (nSPS) is 53.3. The van der Waals surface area contributed by atoms with Gasteiger partial charge in [-0.3, -0.25) is 4.79 Å². The molecule has 26 atom stereocenters. The third kappa shape index (κ3) is 9.59. The van der Waals surface area contributed by atoms with Crippen molar-refractivity contribution in [1.82, 2.24) is 0 Å². The van der Waals surface area contributed by atoms with Crippen LogP contribution in [0, 0.1) is 34.5 Å². The number of hydrogen-bond acceptors (Lipinski definition) is 20. The van der Waals surface area contributed by atoms with E-state index in [1.807, 2.05) is 6.92 Å². The van der Waals surface area contributed by atoms with Crippen molar-refractivity contribution in [1.29, 1.82) is 0 Å². The van der Waals surface area contributed by atoms with Crippen LogP contribution in [0.5, 0.6) is 0 Å². The van der Waals surface area contributed by atoms with E-state index in [1.54, 1.807) is 13.8 Å². The summed E-state index contributed by atoms with van der Waals surface area (Å²) in [5, 5.41) is 87.5. The van der Waals surface area contributed by atoms with E-state index < -0.39 is 134 Å². The maximum Gasteiger partial charge on any atom is 0.331 e. The number of aliphatic hydroxyl groups excluding tert-OH is 7. The van der Waals surface area contributed by atoms with Gasteiger partial charge in [-0.2, -0.15) is 0 Å². The van der Waals surface area contributed by atoms with Crippen LogP contribution in [0.25, 0.3) is 0 Å². The first-order valence-corrected chi connectivity index (χ1v) is 25.3. The van der Waals surface area contributed by atoms with Gasteiger partial charge in [-0.25, -0.2) is 4.79 Å². The van der Waals surface area contributed by atoms with Crippen molar-refractivity contribution in [3.8, 4) is 0 Å². The van der Waals surface area contributed by atoms with Gasteiger partial charge in [-0.1, -0.05) is 13.8 Å². The molecule has 5 aliphatic heterocycles. The SMILES string of the molecule is CC(=O)O[C@H]1C[C@H](O[C@H]2[C@@H](O)C[C@H](O[C@H]3[C@@H](O)C[C@H](O[C@H]4CC[C@@]5(C)[C@H](CC[C@H]6[C@@H]5CC[C@]5(C)[C@@H](C7=CC(=O)OC7)[C@@H](O)C[C@]65O)C4)O[C@@H]3C)O[C@@H]2C)O[C@H](C)[C@H]1O[C@@H]1O[C@H](CO)[C@@H](O)[C@H](O)[C@H]1O. The minimum Gasteiger partial charge on any atom is -0.459 e. The van der Waals surface area contributed by atoms with E-state index in [2.05, 4.69) is 13.8 Å². The molecular formula is C49H76O20. The molecule has 0 aromatic rings. The molecule has 8 N–H and O–H groups in total. The lowest BCUT2D eigenvalue weighted by Gasteiger charge is -2.63. The minimum atomic E-state index is -1.68. The predicted molar refractivity (Wildman–Crippen MR) is 235 cm³/mol. The van der Waals surface area contributed by atoms with Crippen LogP contribution in [0.2, 0.25) is 0 Å². The van der Waals surface area contributed by atoms with Gasteiger partial charge in [-0.05, 0) is 94.5 Å². The van der Waals surface area contributed by atoms with Crippen molar-refractivity contribution < 1.29 is 97.8 Å². The van der Waals surface area contributed by atoms with Crippen molar-refractivity contribution in [3.05, 3.63) is 11.6 Å². The molecule has 0 bridgehead atoms. The quantitative estimate of drug-likeness (QED) is 0.104. The largest absolute Gasteiger partial charge is 0.459 e. The monoisotopic (exact) mass is 984 g/mol. The number of rotatable bonds is 11. The Hall–Kier alpha value is -1.96. The maximum atomic E-state index is 12.6. The topological polar surface area (TPSA) is 288 Å². The molecule has 4 saturated heterocycles. The van der Waals surface area contributed by atoms with Crippen LogP contribution in [0.1, 0.15) is 112 Å². The van der Waals surface area contributed by atoms with Gasteiger partial charge in [0.25, 0.3) is 0 Å². The summed E-state index contributed by atoms with van der Waals surface area (Å²) in [6.07, 6.45) is -10.8. The molecule has 8 fully saturated rings. The summed E-state index contributed by atoms with van der Waals surface area (Å²) in [7, 11) is 0. The predicted octanol–water partition coefficient (Wildman–Crippen LogP) is 0.613. The number of hydrogen-bond donors (Lipinski definition) is 8. The molecule has 4 aliphatic carbocycles. The number of aliphatic hydroxyl groups is 8. The zero-order chi connectivity index (χ0) is 49.5. The fourth-order valence-corrected chi connectivity index (χ4v) is 14.7. The zero-order valence-electron chi connectivity index (χ0n) is 40.5. The van der Waals surface area contributed by atoms with Gasteiger partial charge < -0.3 is 88.2 Å². The lowest BCUT2D eigenvalue weighted by Crippen LogP contribution is -2.62. The van der Waals surface area contributed by atoms with Crippen LogP contribution >= 0.6 is 0 Å². The van der Waals surface area contributed by atoms with E-state index in [-0.39, 0.29) is 55.2 Å². The highest BCUT2D eigenvalue weighted by Gasteiger charge is 2.70. The van der Waals surface area contributed by atoms with Gasteiger partial charge in [-0.15, -0.1) is 0 Å². The van der Waals surface area contributed by atoms with Crippen LogP contribution in [-0.2, 0) is 57.0 Å². The Bertz CT molecular complexity index is 1850. The summed E-state index contributed by atoms with van der Waals surface area (Å²) < 4.78 is 60.1. The summed E-state index contributed by atoms with van der Waals surface area (Å²) in [6.45, 7) is 10.4. The first kappa shape index (κ1) is 51.9. The average Bonchev–Trinajstić information content (AvgIpc) is 3.79. The smallest absolute Gasteiger partial charge is 0.331 e. The Balaban J connectivity index is 0.749. The van der Waals surface area contributed by atoms with E-state index in [0.29, 0.717) is 18.3 Å². The third-order valence-electron chi connectivity index (χ3n) is 18.2. The van der Waals surface area contributed by atoms with E-state index in [1.165, 1.54) is 13.0 Å². The number of carbonyl (C=O) groups excluding carboxylic acids is 2. The molecule has 69 heavy (non-hydrogen) atoms. The summed E-state index contributed by atoms with van der Waals surface area (Å²) in [5.41, 5.74) is -0.809. The Morgan fingerprint density at radius 3 is 1.93 bits per heavy atom. The highest BCUT2D eigenvalue weighted by molar-refractivity contribution is 5.85. The molecule has 392 valence electrons. The average molecular weight is 985 g/mol. The second-order valence-corrected chi connectivity index (χ2v) is 22.3. The summed E-state index contributed by atoms with van der Waals surface area (Å²) in [5.74, 6) is -0.609. The maximum absolute atomic E-state index is 12.6.